The molecule has 0 saturated heterocycles. The maximum Gasteiger partial charge on any atom is 0.249 e. The van der Waals surface area contributed by atoms with Gasteiger partial charge >= 0.3 is 0 Å². The van der Waals surface area contributed by atoms with Crippen LogP contribution in [0.15, 0.2) is 65.1 Å². The summed E-state index contributed by atoms with van der Waals surface area (Å²) in [7, 11) is 0. The van der Waals surface area contributed by atoms with Gasteiger partial charge in [-0.2, -0.15) is 0 Å². The minimum Gasteiger partial charge on any atom is -0.366 e. The number of hydrogen-bond acceptors (Lipinski definition) is 1. The molecule has 1 aromatic heterocycles. The molecule has 0 fully saturated rings. The van der Waals surface area contributed by atoms with E-state index in [4.69, 9.17) is 5.73 Å². The van der Waals surface area contributed by atoms with Gasteiger partial charge in [-0.1, -0.05) is 46.3 Å². The summed E-state index contributed by atoms with van der Waals surface area (Å²) in [5, 5.41) is 1.74. The molecule has 0 spiro atoms. The summed E-state index contributed by atoms with van der Waals surface area (Å²) in [5.74, 6) is -0.741. The third kappa shape index (κ3) is 2.61. The number of carbonyl (C=O) groups excluding carboxylic acids is 1. The van der Waals surface area contributed by atoms with Gasteiger partial charge in [0.05, 0.1) is 12.1 Å². The molecule has 0 unspecified atom stereocenters. The minimum absolute atomic E-state index is 0.272. The Balaban J connectivity index is 2.02. The van der Waals surface area contributed by atoms with E-state index in [0.29, 0.717) is 22.1 Å². The van der Waals surface area contributed by atoms with Crippen molar-refractivity contribution in [2.45, 2.75) is 6.54 Å². The van der Waals surface area contributed by atoms with E-state index in [1.54, 1.807) is 18.2 Å². The molecule has 4 aromatic rings. The number of amides is 1. The zero-order valence-corrected chi connectivity index (χ0v) is 14.8. The maximum atomic E-state index is 14.3. The number of fused-ring (bicyclic) bond motifs is 3. The molecule has 0 aliphatic heterocycles. The van der Waals surface area contributed by atoms with Gasteiger partial charge in [0.1, 0.15) is 5.82 Å². The minimum atomic E-state index is -0.469. The Morgan fingerprint density at radius 2 is 1.80 bits per heavy atom. The average molecular weight is 397 g/mol. The van der Waals surface area contributed by atoms with Crippen LogP contribution in [-0.2, 0) is 6.54 Å². The quantitative estimate of drug-likeness (QED) is 0.528. The van der Waals surface area contributed by atoms with Gasteiger partial charge in [0.2, 0.25) is 5.91 Å². The van der Waals surface area contributed by atoms with Crippen molar-refractivity contribution in [2.24, 2.45) is 5.73 Å². The molecule has 0 atom stereocenters. The lowest BCUT2D eigenvalue weighted by molar-refractivity contribution is 0.100. The first-order valence-corrected chi connectivity index (χ1v) is 8.59. The molecule has 0 bridgehead atoms. The first-order chi connectivity index (χ1) is 12.1. The lowest BCUT2D eigenvalue weighted by Gasteiger charge is -2.09. The van der Waals surface area contributed by atoms with E-state index in [0.717, 1.165) is 21.8 Å². The van der Waals surface area contributed by atoms with Crippen LogP contribution in [0.2, 0.25) is 0 Å². The van der Waals surface area contributed by atoms with E-state index in [-0.39, 0.29) is 5.82 Å². The van der Waals surface area contributed by atoms with E-state index in [2.05, 4.69) is 15.9 Å². The third-order valence-corrected chi connectivity index (χ3v) is 4.90. The second kappa shape index (κ2) is 6.01. The normalized spacial score (nSPS) is 11.3. The van der Waals surface area contributed by atoms with Gasteiger partial charge in [0, 0.05) is 31.9 Å². The van der Waals surface area contributed by atoms with Crippen LogP contribution in [0.25, 0.3) is 21.8 Å². The van der Waals surface area contributed by atoms with E-state index in [1.807, 2.05) is 41.0 Å². The Morgan fingerprint density at radius 3 is 2.56 bits per heavy atom. The number of nitrogens with zero attached hydrogens (tertiary/aromatic N) is 1. The van der Waals surface area contributed by atoms with Gasteiger partial charge in [-0.3, -0.25) is 4.79 Å². The zero-order chi connectivity index (χ0) is 17.6. The zero-order valence-electron chi connectivity index (χ0n) is 13.2. The van der Waals surface area contributed by atoms with Crippen LogP contribution >= 0.6 is 15.9 Å². The van der Waals surface area contributed by atoms with Crippen molar-refractivity contribution >= 4 is 43.6 Å². The number of aromatic nitrogens is 1. The van der Waals surface area contributed by atoms with Crippen LogP contribution < -0.4 is 5.73 Å². The smallest absolute Gasteiger partial charge is 0.249 e. The topological polar surface area (TPSA) is 48.0 Å². The molecule has 1 heterocycles. The highest BCUT2D eigenvalue weighted by atomic mass is 79.9. The highest BCUT2D eigenvalue weighted by Gasteiger charge is 2.16. The number of carbonyl (C=O) groups is 1. The van der Waals surface area contributed by atoms with Gasteiger partial charge in [-0.25, -0.2) is 4.39 Å². The Bertz CT molecular complexity index is 1130. The van der Waals surface area contributed by atoms with Crippen molar-refractivity contribution in [1.82, 2.24) is 4.57 Å². The highest BCUT2D eigenvalue weighted by molar-refractivity contribution is 9.10. The second-order valence-electron chi connectivity index (χ2n) is 5.90. The molecule has 5 heteroatoms. The summed E-state index contributed by atoms with van der Waals surface area (Å²) in [6.07, 6.45) is 0. The van der Waals surface area contributed by atoms with E-state index in [1.165, 1.54) is 6.07 Å². The van der Waals surface area contributed by atoms with E-state index in [9.17, 15) is 9.18 Å². The standard InChI is InChI=1S/C20H14BrFN2O/c21-13-9-8-12(16(22)10-13)11-24-17-6-2-1-4-14(17)19-15(20(23)25)5-3-7-18(19)24/h1-10H,11H2,(H2,23,25). The number of halogens is 2. The monoisotopic (exact) mass is 396 g/mol. The molecule has 1 amide bonds. The van der Waals surface area contributed by atoms with Crippen molar-refractivity contribution < 1.29 is 9.18 Å². The summed E-state index contributed by atoms with van der Waals surface area (Å²) in [6.45, 7) is 0.366. The Labute approximate surface area is 152 Å². The lowest BCUT2D eigenvalue weighted by atomic mass is 10.1. The highest BCUT2D eigenvalue weighted by Crippen LogP contribution is 2.32. The molecule has 4 rings (SSSR count). The van der Waals surface area contributed by atoms with Gasteiger partial charge in [-0.05, 0) is 30.3 Å². The fourth-order valence-electron chi connectivity index (χ4n) is 3.29. The summed E-state index contributed by atoms with van der Waals surface area (Å²) >= 11 is 3.28. The Kier molecular flexibility index (Phi) is 3.81. The van der Waals surface area contributed by atoms with Gasteiger partial charge in [0.15, 0.2) is 0 Å². The second-order valence-corrected chi connectivity index (χ2v) is 6.82. The predicted molar refractivity (Wildman–Crippen MR) is 101 cm³/mol. The molecule has 0 saturated carbocycles. The van der Waals surface area contributed by atoms with Gasteiger partial charge in [-0.15, -0.1) is 0 Å². The fraction of sp³-hybridized carbons (Fsp3) is 0.0500. The summed E-state index contributed by atoms with van der Waals surface area (Å²) in [6, 6.07) is 18.3. The molecule has 0 aliphatic rings. The molecule has 2 N–H and O–H groups in total. The molecule has 3 nitrogen and oxygen atoms in total. The van der Waals surface area contributed by atoms with Gasteiger partial charge in [0.25, 0.3) is 0 Å². The average Bonchev–Trinajstić information content (AvgIpc) is 2.91. The molecule has 0 radical (unpaired) electrons. The lowest BCUT2D eigenvalue weighted by Crippen LogP contribution is -2.11. The number of benzene rings is 3. The third-order valence-electron chi connectivity index (χ3n) is 4.41. The molecule has 25 heavy (non-hydrogen) atoms. The van der Waals surface area contributed by atoms with Crippen LogP contribution in [-0.4, -0.2) is 10.5 Å². The van der Waals surface area contributed by atoms with Crippen LogP contribution in [0.3, 0.4) is 0 Å². The van der Waals surface area contributed by atoms with Crippen molar-refractivity contribution in [2.75, 3.05) is 0 Å². The molecule has 124 valence electrons. The number of para-hydroxylation sites is 1. The molecular formula is C20H14BrFN2O. The summed E-state index contributed by atoms with van der Waals surface area (Å²) < 4.78 is 17.1. The Morgan fingerprint density at radius 1 is 1.04 bits per heavy atom. The molecular weight excluding hydrogens is 383 g/mol. The SMILES string of the molecule is NC(=O)c1cccc2c1c1ccccc1n2Cc1ccc(Br)cc1F. The maximum absolute atomic E-state index is 14.3. The molecule has 3 aromatic carbocycles. The van der Waals surface area contributed by atoms with Crippen LogP contribution in [0.1, 0.15) is 15.9 Å². The fourth-order valence-corrected chi connectivity index (χ4v) is 3.63. The van der Waals surface area contributed by atoms with Crippen molar-refractivity contribution in [3.8, 4) is 0 Å². The van der Waals surface area contributed by atoms with Crippen LogP contribution in [0.4, 0.5) is 4.39 Å². The summed E-state index contributed by atoms with van der Waals surface area (Å²) in [5.41, 5.74) is 8.41. The Hall–Kier alpha value is -2.66. The first-order valence-electron chi connectivity index (χ1n) is 7.80. The van der Waals surface area contributed by atoms with Crippen molar-refractivity contribution in [1.29, 1.82) is 0 Å². The predicted octanol–water partition coefficient (Wildman–Crippen LogP) is 4.84. The van der Waals surface area contributed by atoms with E-state index >= 15 is 0 Å². The molecule has 0 aliphatic carbocycles. The van der Waals surface area contributed by atoms with Gasteiger partial charge < -0.3 is 10.3 Å². The number of nitrogens with two attached hydrogens (primary N) is 1. The van der Waals surface area contributed by atoms with Crippen LogP contribution in [0.5, 0.6) is 0 Å². The van der Waals surface area contributed by atoms with E-state index < -0.39 is 5.91 Å². The number of hydrogen-bond donors (Lipinski definition) is 1. The van der Waals surface area contributed by atoms with Crippen molar-refractivity contribution in [3.05, 3.63) is 82.1 Å². The summed E-state index contributed by atoms with van der Waals surface area (Å²) in [4.78, 5) is 11.9. The largest absolute Gasteiger partial charge is 0.366 e. The van der Waals surface area contributed by atoms with Crippen molar-refractivity contribution in [3.63, 3.8) is 0 Å². The number of primary amides is 1. The number of rotatable bonds is 3. The van der Waals surface area contributed by atoms with Crippen LogP contribution in [0, 0.1) is 5.82 Å². The first kappa shape index (κ1) is 15.8.